The molecule has 4 rings (SSSR count). The Morgan fingerprint density at radius 3 is 2.23 bits per heavy atom. The lowest BCUT2D eigenvalue weighted by Crippen LogP contribution is -2.48. The molecule has 0 unspecified atom stereocenters. The summed E-state index contributed by atoms with van der Waals surface area (Å²) in [5.74, 6) is 0.125. The zero-order valence-electron chi connectivity index (χ0n) is 18.1. The Morgan fingerprint density at radius 2 is 1.57 bits per heavy atom. The molecule has 30 heavy (non-hydrogen) atoms. The van der Waals surface area contributed by atoms with Crippen molar-refractivity contribution < 1.29 is 4.79 Å². The van der Waals surface area contributed by atoms with Crippen LogP contribution in [0.5, 0.6) is 0 Å². The molecule has 5 heteroatoms. The van der Waals surface area contributed by atoms with Crippen LogP contribution >= 0.6 is 0 Å². The Labute approximate surface area is 178 Å². The normalized spacial score (nSPS) is 14.8. The predicted molar refractivity (Wildman–Crippen MR) is 120 cm³/mol. The van der Waals surface area contributed by atoms with Crippen LogP contribution < -0.4 is 0 Å². The predicted octanol–water partition coefficient (Wildman–Crippen LogP) is 3.81. The van der Waals surface area contributed by atoms with E-state index in [4.69, 9.17) is 0 Å². The molecule has 1 saturated heterocycles. The molecule has 1 aliphatic rings. The molecule has 1 fully saturated rings. The molecule has 0 spiro atoms. The van der Waals surface area contributed by atoms with Crippen molar-refractivity contribution in [3.8, 4) is 0 Å². The second-order valence-electron chi connectivity index (χ2n) is 8.34. The van der Waals surface area contributed by atoms with E-state index in [0.29, 0.717) is 6.54 Å². The Hall–Kier alpha value is -2.92. The molecule has 2 aromatic carbocycles. The quantitative estimate of drug-likeness (QED) is 0.652. The number of rotatable bonds is 5. The molecule has 2 heterocycles. The van der Waals surface area contributed by atoms with Crippen LogP contribution in [-0.4, -0.2) is 51.7 Å². The summed E-state index contributed by atoms with van der Waals surface area (Å²) in [4.78, 5) is 17.5. The van der Waals surface area contributed by atoms with Gasteiger partial charge in [0.15, 0.2) is 0 Å². The largest absolute Gasteiger partial charge is 0.336 e. The van der Waals surface area contributed by atoms with Crippen molar-refractivity contribution in [1.29, 1.82) is 0 Å². The van der Waals surface area contributed by atoms with Crippen molar-refractivity contribution in [2.24, 2.45) is 0 Å². The molecule has 0 aliphatic carbocycles. The van der Waals surface area contributed by atoms with E-state index >= 15 is 0 Å². The van der Waals surface area contributed by atoms with E-state index in [1.54, 1.807) is 0 Å². The maximum absolute atomic E-state index is 13.1. The number of benzene rings is 2. The maximum Gasteiger partial charge on any atom is 0.253 e. The van der Waals surface area contributed by atoms with E-state index in [1.165, 1.54) is 11.1 Å². The Balaban J connectivity index is 1.36. The third-order valence-electron chi connectivity index (χ3n) is 5.76. The average molecular weight is 403 g/mol. The van der Waals surface area contributed by atoms with Gasteiger partial charge >= 0.3 is 0 Å². The van der Waals surface area contributed by atoms with Gasteiger partial charge in [-0.15, -0.1) is 0 Å². The van der Waals surface area contributed by atoms with Crippen LogP contribution in [0.4, 0.5) is 0 Å². The lowest BCUT2D eigenvalue weighted by atomic mass is 10.1. The number of aryl methyl sites for hydroxylation is 3. The van der Waals surface area contributed by atoms with Crippen molar-refractivity contribution in [1.82, 2.24) is 19.6 Å². The van der Waals surface area contributed by atoms with Gasteiger partial charge in [0.25, 0.3) is 5.91 Å². The molecule has 0 bridgehead atoms. The SMILES string of the molecule is Cc1cccc(CN2CCN(C(=O)c3cccc(Cn4nc(C)cc4C)c3)CC2)c1. The van der Waals surface area contributed by atoms with E-state index in [9.17, 15) is 4.79 Å². The summed E-state index contributed by atoms with van der Waals surface area (Å²) in [7, 11) is 0. The minimum absolute atomic E-state index is 0.125. The van der Waals surface area contributed by atoms with Crippen LogP contribution in [0.15, 0.2) is 54.6 Å². The summed E-state index contributed by atoms with van der Waals surface area (Å²) in [6.07, 6.45) is 0. The zero-order chi connectivity index (χ0) is 21.1. The highest BCUT2D eigenvalue weighted by Crippen LogP contribution is 2.15. The van der Waals surface area contributed by atoms with Crippen molar-refractivity contribution in [2.45, 2.75) is 33.9 Å². The average Bonchev–Trinajstić information content (AvgIpc) is 3.05. The van der Waals surface area contributed by atoms with E-state index in [1.807, 2.05) is 34.7 Å². The number of carbonyl (C=O) groups excluding carboxylic acids is 1. The molecule has 1 aromatic heterocycles. The van der Waals surface area contributed by atoms with Crippen LogP contribution in [0, 0.1) is 20.8 Å². The molecule has 0 radical (unpaired) electrons. The summed E-state index contributed by atoms with van der Waals surface area (Å²) in [6.45, 7) is 11.2. The van der Waals surface area contributed by atoms with Crippen LogP contribution in [0.25, 0.3) is 0 Å². The molecule has 0 saturated carbocycles. The minimum Gasteiger partial charge on any atom is -0.336 e. The Kier molecular flexibility index (Phi) is 6.00. The highest BCUT2D eigenvalue weighted by molar-refractivity contribution is 5.94. The van der Waals surface area contributed by atoms with E-state index in [-0.39, 0.29) is 5.91 Å². The van der Waals surface area contributed by atoms with Gasteiger partial charge in [-0.05, 0) is 50.1 Å². The lowest BCUT2D eigenvalue weighted by molar-refractivity contribution is 0.0628. The smallest absolute Gasteiger partial charge is 0.253 e. The van der Waals surface area contributed by atoms with Gasteiger partial charge in [-0.3, -0.25) is 14.4 Å². The van der Waals surface area contributed by atoms with Gasteiger partial charge in [-0.25, -0.2) is 0 Å². The second kappa shape index (κ2) is 8.84. The number of nitrogens with zero attached hydrogens (tertiary/aromatic N) is 4. The lowest BCUT2D eigenvalue weighted by Gasteiger charge is -2.35. The molecule has 5 nitrogen and oxygen atoms in total. The fraction of sp³-hybridized carbons (Fsp3) is 0.360. The van der Waals surface area contributed by atoms with Crippen molar-refractivity contribution in [2.75, 3.05) is 26.2 Å². The molecule has 1 amide bonds. The first kappa shape index (κ1) is 20.4. The summed E-state index contributed by atoms with van der Waals surface area (Å²) in [5, 5.41) is 4.53. The molecule has 156 valence electrons. The third kappa shape index (κ3) is 4.79. The van der Waals surface area contributed by atoms with E-state index in [0.717, 1.165) is 55.2 Å². The zero-order valence-corrected chi connectivity index (χ0v) is 18.1. The fourth-order valence-electron chi connectivity index (χ4n) is 4.17. The third-order valence-corrected chi connectivity index (χ3v) is 5.76. The standard InChI is InChI=1S/C25H30N4O/c1-19-6-4-7-22(14-19)17-27-10-12-28(13-11-27)25(30)24-9-5-8-23(16-24)18-29-21(3)15-20(2)26-29/h4-9,14-16H,10-13,17-18H2,1-3H3. The van der Waals surface area contributed by atoms with Crippen LogP contribution in [0.3, 0.4) is 0 Å². The highest BCUT2D eigenvalue weighted by atomic mass is 16.2. The topological polar surface area (TPSA) is 41.4 Å². The van der Waals surface area contributed by atoms with Gasteiger partial charge in [0.2, 0.25) is 0 Å². The minimum atomic E-state index is 0.125. The van der Waals surface area contributed by atoms with Gasteiger partial charge < -0.3 is 4.90 Å². The van der Waals surface area contributed by atoms with Crippen molar-refractivity contribution >= 4 is 5.91 Å². The monoisotopic (exact) mass is 402 g/mol. The van der Waals surface area contributed by atoms with Crippen LogP contribution in [-0.2, 0) is 13.1 Å². The summed E-state index contributed by atoms with van der Waals surface area (Å²) >= 11 is 0. The first-order valence-electron chi connectivity index (χ1n) is 10.6. The van der Waals surface area contributed by atoms with Gasteiger partial charge in [0, 0.05) is 44.0 Å². The van der Waals surface area contributed by atoms with Crippen LogP contribution in [0.2, 0.25) is 0 Å². The first-order valence-corrected chi connectivity index (χ1v) is 10.6. The summed E-state index contributed by atoms with van der Waals surface area (Å²) in [6, 6.07) is 18.7. The molecule has 1 aliphatic heterocycles. The van der Waals surface area contributed by atoms with Gasteiger partial charge in [-0.1, -0.05) is 42.0 Å². The van der Waals surface area contributed by atoms with E-state index in [2.05, 4.69) is 60.2 Å². The number of piperazine rings is 1. The van der Waals surface area contributed by atoms with Crippen molar-refractivity contribution in [3.63, 3.8) is 0 Å². The van der Waals surface area contributed by atoms with E-state index < -0.39 is 0 Å². The first-order chi connectivity index (χ1) is 14.5. The van der Waals surface area contributed by atoms with Gasteiger partial charge in [-0.2, -0.15) is 5.10 Å². The highest BCUT2D eigenvalue weighted by Gasteiger charge is 2.22. The maximum atomic E-state index is 13.1. The number of hydrogen-bond donors (Lipinski definition) is 0. The van der Waals surface area contributed by atoms with Gasteiger partial charge in [0.1, 0.15) is 0 Å². The number of carbonyl (C=O) groups is 1. The molecule has 0 atom stereocenters. The number of aromatic nitrogens is 2. The summed E-state index contributed by atoms with van der Waals surface area (Å²) in [5.41, 5.74) is 6.65. The molecular weight excluding hydrogens is 372 g/mol. The molecule has 3 aromatic rings. The molecular formula is C25H30N4O. The second-order valence-corrected chi connectivity index (χ2v) is 8.34. The van der Waals surface area contributed by atoms with Gasteiger partial charge in [0.05, 0.1) is 12.2 Å². The Morgan fingerprint density at radius 1 is 0.867 bits per heavy atom. The fourth-order valence-corrected chi connectivity index (χ4v) is 4.17. The number of hydrogen-bond acceptors (Lipinski definition) is 3. The Bertz CT molecular complexity index is 1030. The van der Waals surface area contributed by atoms with Crippen molar-refractivity contribution in [3.05, 3.63) is 88.2 Å². The summed E-state index contributed by atoms with van der Waals surface area (Å²) < 4.78 is 1.99. The number of amides is 1. The molecule has 0 N–H and O–H groups in total. The van der Waals surface area contributed by atoms with Crippen LogP contribution in [0.1, 0.15) is 38.4 Å².